The third-order valence-electron chi connectivity index (χ3n) is 2.97. The largest absolute Gasteiger partial charge is 0.481 e. The summed E-state index contributed by atoms with van der Waals surface area (Å²) >= 11 is 0. The Hall–Kier alpha value is -1.84. The normalized spacial score (nSPS) is 11.9. The molecule has 18 heavy (non-hydrogen) atoms. The molecular weight excluding hydrogens is 230 g/mol. The summed E-state index contributed by atoms with van der Waals surface area (Å²) in [7, 11) is 0. The molecule has 0 fully saturated rings. The van der Waals surface area contributed by atoms with Crippen molar-refractivity contribution in [2.24, 2.45) is 0 Å². The molecule has 0 saturated heterocycles. The lowest BCUT2D eigenvalue weighted by Gasteiger charge is -2.16. The zero-order valence-corrected chi connectivity index (χ0v) is 10.8. The quantitative estimate of drug-likeness (QED) is 0.724. The molecule has 1 atom stereocenters. The van der Waals surface area contributed by atoms with Gasteiger partial charge in [-0.25, -0.2) is 0 Å². The molecule has 0 aromatic heterocycles. The third-order valence-corrected chi connectivity index (χ3v) is 2.97. The second-order valence-electron chi connectivity index (χ2n) is 4.55. The van der Waals surface area contributed by atoms with Gasteiger partial charge >= 0.3 is 5.97 Å². The highest BCUT2D eigenvalue weighted by Gasteiger charge is 2.12. The highest BCUT2D eigenvalue weighted by Crippen LogP contribution is 2.14. The van der Waals surface area contributed by atoms with E-state index < -0.39 is 5.97 Å². The van der Waals surface area contributed by atoms with Crippen LogP contribution in [0.25, 0.3) is 0 Å². The average molecular weight is 249 g/mol. The first-order valence-electron chi connectivity index (χ1n) is 6.00. The van der Waals surface area contributed by atoms with E-state index in [1.807, 2.05) is 26.0 Å². The lowest BCUT2D eigenvalue weighted by Crippen LogP contribution is -2.30. The molecule has 1 aromatic carbocycles. The van der Waals surface area contributed by atoms with Crippen molar-refractivity contribution >= 4 is 12.4 Å². The van der Waals surface area contributed by atoms with E-state index >= 15 is 0 Å². The fourth-order valence-corrected chi connectivity index (χ4v) is 1.98. The first-order chi connectivity index (χ1) is 8.52. The van der Waals surface area contributed by atoms with Gasteiger partial charge in [0.05, 0.1) is 0 Å². The maximum absolute atomic E-state index is 10.6. The van der Waals surface area contributed by atoms with Crippen molar-refractivity contribution in [1.29, 1.82) is 0 Å². The van der Waals surface area contributed by atoms with Gasteiger partial charge in [0.15, 0.2) is 0 Å². The molecule has 0 bridgehead atoms. The lowest BCUT2D eigenvalue weighted by atomic mass is 9.97. The Labute approximate surface area is 107 Å². The van der Waals surface area contributed by atoms with Crippen LogP contribution in [0.4, 0.5) is 0 Å². The van der Waals surface area contributed by atoms with Crippen LogP contribution in [-0.4, -0.2) is 23.5 Å². The van der Waals surface area contributed by atoms with Crippen LogP contribution < -0.4 is 5.32 Å². The van der Waals surface area contributed by atoms with Gasteiger partial charge in [-0.3, -0.25) is 9.59 Å². The molecule has 0 saturated carbocycles. The second-order valence-corrected chi connectivity index (χ2v) is 4.55. The van der Waals surface area contributed by atoms with E-state index in [1.54, 1.807) is 0 Å². The molecule has 98 valence electrons. The van der Waals surface area contributed by atoms with Crippen LogP contribution in [-0.2, 0) is 16.0 Å². The maximum atomic E-state index is 10.6. The minimum absolute atomic E-state index is 0.0659. The van der Waals surface area contributed by atoms with Crippen molar-refractivity contribution in [2.45, 2.75) is 39.2 Å². The molecule has 1 unspecified atom stereocenters. The van der Waals surface area contributed by atoms with Crippen LogP contribution in [0.1, 0.15) is 29.5 Å². The van der Waals surface area contributed by atoms with E-state index in [1.165, 1.54) is 11.1 Å². The van der Waals surface area contributed by atoms with Crippen molar-refractivity contribution < 1.29 is 14.7 Å². The van der Waals surface area contributed by atoms with Crippen molar-refractivity contribution in [3.8, 4) is 0 Å². The van der Waals surface area contributed by atoms with E-state index in [4.69, 9.17) is 5.11 Å². The molecule has 4 heteroatoms. The predicted molar refractivity (Wildman–Crippen MR) is 69.5 cm³/mol. The van der Waals surface area contributed by atoms with Crippen molar-refractivity contribution in [3.05, 3.63) is 34.9 Å². The van der Waals surface area contributed by atoms with E-state index in [2.05, 4.69) is 11.4 Å². The Morgan fingerprint density at radius 1 is 1.44 bits per heavy atom. The highest BCUT2D eigenvalue weighted by molar-refractivity contribution is 5.66. The minimum Gasteiger partial charge on any atom is -0.481 e. The van der Waals surface area contributed by atoms with Crippen molar-refractivity contribution in [3.63, 3.8) is 0 Å². The van der Waals surface area contributed by atoms with Gasteiger partial charge in [0.1, 0.15) is 0 Å². The highest BCUT2D eigenvalue weighted by atomic mass is 16.4. The van der Waals surface area contributed by atoms with Gasteiger partial charge in [0, 0.05) is 12.5 Å². The van der Waals surface area contributed by atoms with Gasteiger partial charge in [-0.15, -0.1) is 0 Å². The molecule has 0 radical (unpaired) electrons. The number of nitrogens with one attached hydrogen (secondary N) is 1. The van der Waals surface area contributed by atoms with Crippen LogP contribution >= 0.6 is 0 Å². The zero-order valence-electron chi connectivity index (χ0n) is 10.8. The first kappa shape index (κ1) is 14.2. The summed E-state index contributed by atoms with van der Waals surface area (Å²) in [6.45, 7) is 4.06. The topological polar surface area (TPSA) is 66.4 Å². The molecule has 0 aliphatic rings. The Balaban J connectivity index is 2.69. The molecule has 0 heterocycles. The van der Waals surface area contributed by atoms with E-state index in [-0.39, 0.29) is 12.5 Å². The fraction of sp³-hybridized carbons (Fsp3) is 0.429. The summed E-state index contributed by atoms with van der Waals surface area (Å²) in [5.74, 6) is -0.840. The van der Waals surface area contributed by atoms with E-state index in [0.29, 0.717) is 19.3 Å². The molecular formula is C14H19NO3. The van der Waals surface area contributed by atoms with Crippen LogP contribution in [0.15, 0.2) is 18.2 Å². The number of carboxylic acid groups (broad SMARTS) is 1. The second kappa shape index (κ2) is 6.79. The Morgan fingerprint density at radius 2 is 2.17 bits per heavy atom. The Bertz CT molecular complexity index is 429. The van der Waals surface area contributed by atoms with Crippen LogP contribution in [0.3, 0.4) is 0 Å². The summed E-state index contributed by atoms with van der Waals surface area (Å²) in [6.07, 6.45) is 1.81. The van der Waals surface area contributed by atoms with Gasteiger partial charge in [0.25, 0.3) is 0 Å². The summed E-state index contributed by atoms with van der Waals surface area (Å²) in [4.78, 5) is 21.1. The third kappa shape index (κ3) is 4.57. The molecule has 2 N–H and O–H groups in total. The SMILES string of the molecule is Cc1ccc(CC(CCC(=O)O)NC=O)c(C)c1. The number of carbonyl (C=O) groups is 2. The predicted octanol–water partition coefficient (Wildman–Crippen LogP) is 1.83. The zero-order chi connectivity index (χ0) is 13.5. The lowest BCUT2D eigenvalue weighted by molar-refractivity contribution is -0.137. The van der Waals surface area contributed by atoms with Crippen LogP contribution in [0.2, 0.25) is 0 Å². The minimum atomic E-state index is -0.840. The number of hydrogen-bond donors (Lipinski definition) is 2. The van der Waals surface area contributed by atoms with Crippen LogP contribution in [0, 0.1) is 13.8 Å². The number of aliphatic carboxylic acids is 1. The van der Waals surface area contributed by atoms with Gasteiger partial charge in [-0.05, 0) is 37.8 Å². The summed E-state index contributed by atoms with van der Waals surface area (Å²) in [5.41, 5.74) is 3.51. The molecule has 0 spiro atoms. The van der Waals surface area contributed by atoms with Gasteiger partial charge < -0.3 is 10.4 Å². The Kier molecular flexibility index (Phi) is 5.36. The van der Waals surface area contributed by atoms with Crippen molar-refractivity contribution in [1.82, 2.24) is 5.32 Å². The monoisotopic (exact) mass is 249 g/mol. The summed E-state index contributed by atoms with van der Waals surface area (Å²) in [5, 5.41) is 11.4. The summed E-state index contributed by atoms with van der Waals surface area (Å²) in [6, 6.07) is 6.02. The van der Waals surface area contributed by atoms with E-state index in [0.717, 1.165) is 5.56 Å². The van der Waals surface area contributed by atoms with Gasteiger partial charge in [-0.1, -0.05) is 23.8 Å². The number of rotatable bonds is 7. The maximum Gasteiger partial charge on any atom is 0.303 e. The molecule has 0 aliphatic heterocycles. The van der Waals surface area contributed by atoms with Gasteiger partial charge in [-0.2, -0.15) is 0 Å². The number of hydrogen-bond acceptors (Lipinski definition) is 2. The average Bonchev–Trinajstić information content (AvgIpc) is 2.29. The smallest absolute Gasteiger partial charge is 0.303 e. The molecule has 1 amide bonds. The number of aryl methyl sites for hydroxylation is 2. The number of benzene rings is 1. The van der Waals surface area contributed by atoms with E-state index in [9.17, 15) is 9.59 Å². The fourth-order valence-electron chi connectivity index (χ4n) is 1.98. The standard InChI is InChI=1S/C14H19NO3/c1-10-3-4-12(11(2)7-10)8-13(15-9-16)5-6-14(17)18/h3-4,7,9,13H,5-6,8H2,1-2H3,(H,15,16)(H,17,18). The van der Waals surface area contributed by atoms with Crippen LogP contribution in [0.5, 0.6) is 0 Å². The van der Waals surface area contributed by atoms with Crippen molar-refractivity contribution in [2.75, 3.05) is 0 Å². The molecule has 1 rings (SSSR count). The molecule has 1 aromatic rings. The van der Waals surface area contributed by atoms with Gasteiger partial charge in [0.2, 0.25) is 6.41 Å². The molecule has 4 nitrogen and oxygen atoms in total. The number of carbonyl (C=O) groups excluding carboxylic acids is 1. The first-order valence-corrected chi connectivity index (χ1v) is 6.00. The number of amides is 1. The molecule has 0 aliphatic carbocycles. The number of carboxylic acids is 1. The summed E-state index contributed by atoms with van der Waals surface area (Å²) < 4.78 is 0. The Morgan fingerprint density at radius 3 is 2.72 bits per heavy atom.